The van der Waals surface area contributed by atoms with E-state index in [0.29, 0.717) is 0 Å². The minimum Gasteiger partial charge on any atom is -0.790 e. The molecule has 0 amide bonds. The van der Waals surface area contributed by atoms with E-state index in [9.17, 15) is 43.2 Å². The zero-order chi connectivity index (χ0) is 23.6. The van der Waals surface area contributed by atoms with Crippen molar-refractivity contribution in [3.63, 3.8) is 0 Å². The Balaban J connectivity index is 2.15. The SMILES string of the molecule is [N-]=[N+]=N[C@@H]1[C@H](O)[C@@H](COP(=O)([O-])OP(=O)([O-])OP(=O)([O-])[O-])O[C@H]1n1ccc(N)nc1=O. The summed E-state index contributed by atoms with van der Waals surface area (Å²) in [4.78, 5) is 61.1. The normalized spacial score (nSPS) is 27.8. The standard InChI is InChI=1S/C9H15N6O13P3/c10-5-1-2-15(9(17)12-5)8-6(13-14-11)7(16)4(26-8)3-25-30(21,22)28-31(23,24)27-29(18,19)20/h1-2,4,6-8,16H,3H2,(H,21,22)(H,23,24)(H2,10,12,17)(H2,18,19,20)/p-4/t4-,6-,7-,8-/m1/s1. The van der Waals surface area contributed by atoms with Crippen molar-refractivity contribution in [2.24, 2.45) is 5.11 Å². The maximum absolute atomic E-state index is 12.0. The summed E-state index contributed by atoms with van der Waals surface area (Å²) in [7, 11) is -18.2. The van der Waals surface area contributed by atoms with Crippen molar-refractivity contribution in [1.29, 1.82) is 0 Å². The summed E-state index contributed by atoms with van der Waals surface area (Å²) in [6, 6.07) is -0.320. The molecule has 19 nitrogen and oxygen atoms in total. The van der Waals surface area contributed by atoms with Crippen LogP contribution in [0.3, 0.4) is 0 Å². The van der Waals surface area contributed by atoms with Crippen molar-refractivity contribution in [3.8, 4) is 0 Å². The van der Waals surface area contributed by atoms with Crippen molar-refractivity contribution in [2.75, 3.05) is 12.3 Å². The highest BCUT2D eigenvalue weighted by Gasteiger charge is 2.45. The average molecular weight is 504 g/mol. The number of phosphoric ester groups is 1. The monoisotopic (exact) mass is 504 g/mol. The second-order valence-electron chi connectivity index (χ2n) is 5.59. The molecule has 0 spiro atoms. The fourth-order valence-electron chi connectivity index (χ4n) is 2.35. The molecule has 0 aliphatic carbocycles. The number of phosphoric acid groups is 3. The Bertz CT molecular complexity index is 1070. The number of aliphatic hydroxyl groups is 1. The topological polar surface area (TPSA) is 310 Å². The van der Waals surface area contributed by atoms with Gasteiger partial charge in [-0.2, -0.15) is 4.98 Å². The van der Waals surface area contributed by atoms with Gasteiger partial charge in [0.05, 0.1) is 20.5 Å². The number of ether oxygens (including phenoxy) is 1. The van der Waals surface area contributed by atoms with Gasteiger partial charge in [-0.05, 0) is 11.6 Å². The highest BCUT2D eigenvalue weighted by Crippen LogP contribution is 2.60. The lowest BCUT2D eigenvalue weighted by molar-refractivity contribution is -0.339. The molecule has 31 heavy (non-hydrogen) atoms. The van der Waals surface area contributed by atoms with Crippen LogP contribution in [0, 0.1) is 0 Å². The molecule has 1 fully saturated rings. The molecule has 174 valence electrons. The van der Waals surface area contributed by atoms with E-state index in [-0.39, 0.29) is 5.82 Å². The first-order chi connectivity index (χ1) is 14.1. The predicted molar refractivity (Wildman–Crippen MR) is 86.7 cm³/mol. The molecule has 1 saturated heterocycles. The summed E-state index contributed by atoms with van der Waals surface area (Å²) in [5, 5.41) is 13.5. The smallest absolute Gasteiger partial charge is 0.351 e. The number of aliphatic hydroxyl groups excluding tert-OH is 1. The lowest BCUT2D eigenvalue weighted by Crippen LogP contribution is -2.35. The van der Waals surface area contributed by atoms with Crippen molar-refractivity contribution >= 4 is 29.3 Å². The zero-order valence-corrected chi connectivity index (χ0v) is 17.4. The molecule has 6 atom stereocenters. The van der Waals surface area contributed by atoms with Gasteiger partial charge in [-0.3, -0.25) is 18.0 Å². The van der Waals surface area contributed by atoms with Gasteiger partial charge in [-0.25, -0.2) is 9.11 Å². The number of anilines is 1. The van der Waals surface area contributed by atoms with Gasteiger partial charge < -0.3 is 44.2 Å². The van der Waals surface area contributed by atoms with Gasteiger partial charge in [0, 0.05) is 11.1 Å². The van der Waals surface area contributed by atoms with Gasteiger partial charge in [0.1, 0.15) is 24.2 Å². The largest absolute Gasteiger partial charge is 0.790 e. The Hall–Kier alpha value is -1.68. The third-order valence-electron chi connectivity index (χ3n) is 3.44. The molecule has 1 aromatic rings. The summed E-state index contributed by atoms with van der Waals surface area (Å²) in [5.74, 6) is -0.158. The highest BCUT2D eigenvalue weighted by molar-refractivity contribution is 7.64. The molecule has 2 unspecified atom stereocenters. The number of nitrogens with two attached hydrogens (primary N) is 1. The first-order valence-electron chi connectivity index (χ1n) is 7.58. The average Bonchev–Trinajstić information content (AvgIpc) is 2.86. The molecule has 0 saturated carbocycles. The van der Waals surface area contributed by atoms with E-state index in [1.807, 2.05) is 0 Å². The summed E-state index contributed by atoms with van der Waals surface area (Å²) in [6.45, 7) is -1.15. The van der Waals surface area contributed by atoms with Crippen molar-refractivity contribution in [1.82, 2.24) is 9.55 Å². The van der Waals surface area contributed by atoms with Gasteiger partial charge in [-0.1, -0.05) is 5.11 Å². The van der Waals surface area contributed by atoms with E-state index in [1.54, 1.807) is 0 Å². The van der Waals surface area contributed by atoms with Gasteiger partial charge in [-0.15, -0.1) is 0 Å². The van der Waals surface area contributed by atoms with Crippen LogP contribution in [0.4, 0.5) is 5.82 Å². The van der Waals surface area contributed by atoms with Crippen molar-refractivity contribution in [2.45, 2.75) is 24.5 Å². The number of azide groups is 1. The van der Waals surface area contributed by atoms with Crippen LogP contribution in [0.1, 0.15) is 6.23 Å². The Morgan fingerprint density at radius 1 is 1.29 bits per heavy atom. The summed E-state index contributed by atoms with van der Waals surface area (Å²) < 4.78 is 49.6. The molecule has 1 aromatic heterocycles. The molecular weight excluding hydrogens is 493 g/mol. The second-order valence-corrected chi connectivity index (χ2v) is 9.84. The highest BCUT2D eigenvalue weighted by atomic mass is 31.3. The molecule has 2 rings (SSSR count). The molecule has 1 aliphatic rings. The summed E-state index contributed by atoms with van der Waals surface area (Å²) >= 11 is 0. The fourth-order valence-corrected chi connectivity index (χ4v) is 5.21. The molecular formula is C9H11N6O13P3-4. The lowest BCUT2D eigenvalue weighted by Gasteiger charge is -2.37. The second kappa shape index (κ2) is 9.44. The van der Waals surface area contributed by atoms with Gasteiger partial charge in [0.25, 0.3) is 15.6 Å². The van der Waals surface area contributed by atoms with E-state index in [1.165, 1.54) is 6.07 Å². The Labute approximate surface area is 171 Å². The Kier molecular flexibility index (Phi) is 7.79. The maximum Gasteiger partial charge on any atom is 0.351 e. The Morgan fingerprint density at radius 3 is 2.48 bits per heavy atom. The molecule has 1 aliphatic heterocycles. The third-order valence-corrected chi connectivity index (χ3v) is 7.11. The van der Waals surface area contributed by atoms with E-state index >= 15 is 0 Å². The number of hydrogen-bond donors (Lipinski definition) is 2. The molecule has 0 bridgehead atoms. The van der Waals surface area contributed by atoms with Crippen LogP contribution in [0.5, 0.6) is 0 Å². The van der Waals surface area contributed by atoms with E-state index in [4.69, 9.17) is 16.0 Å². The molecule has 2 heterocycles. The molecule has 22 heteroatoms. The van der Waals surface area contributed by atoms with Crippen LogP contribution in [-0.2, 0) is 31.6 Å². The van der Waals surface area contributed by atoms with Crippen molar-refractivity contribution in [3.05, 3.63) is 33.2 Å². The number of hydrogen-bond acceptors (Lipinski definition) is 16. The van der Waals surface area contributed by atoms with Crippen LogP contribution in [0.25, 0.3) is 10.4 Å². The minimum atomic E-state index is -6.18. The molecule has 0 aromatic carbocycles. The van der Waals surface area contributed by atoms with E-state index < -0.39 is 60.2 Å². The molecule has 3 N–H and O–H groups in total. The Morgan fingerprint density at radius 2 is 1.94 bits per heavy atom. The van der Waals surface area contributed by atoms with E-state index in [2.05, 4.69) is 28.2 Å². The quantitative estimate of drug-likeness (QED) is 0.143. The minimum absolute atomic E-state index is 0.158. The number of nitrogen functional groups attached to an aromatic ring is 1. The summed E-state index contributed by atoms with van der Waals surface area (Å²) in [5.41, 5.74) is 13.0. The van der Waals surface area contributed by atoms with Crippen molar-refractivity contribution < 1.29 is 56.3 Å². The summed E-state index contributed by atoms with van der Waals surface area (Å²) in [6.07, 6.45) is -3.81. The van der Waals surface area contributed by atoms with Crippen LogP contribution in [-0.4, -0.2) is 39.5 Å². The number of aromatic nitrogens is 2. The van der Waals surface area contributed by atoms with Gasteiger partial charge >= 0.3 is 5.69 Å². The van der Waals surface area contributed by atoms with Crippen LogP contribution >= 0.6 is 23.5 Å². The first kappa shape index (κ1) is 25.6. The maximum atomic E-state index is 12.0. The number of rotatable bonds is 9. The van der Waals surface area contributed by atoms with Gasteiger partial charge in [0.2, 0.25) is 0 Å². The van der Waals surface area contributed by atoms with Crippen LogP contribution in [0.2, 0.25) is 0 Å². The third kappa shape index (κ3) is 7.17. The molecule has 0 radical (unpaired) electrons. The zero-order valence-electron chi connectivity index (χ0n) is 14.7. The van der Waals surface area contributed by atoms with Gasteiger partial charge in [0.15, 0.2) is 0 Å². The number of nitrogens with zero attached hydrogens (tertiary/aromatic N) is 5. The lowest BCUT2D eigenvalue weighted by atomic mass is 10.1. The van der Waals surface area contributed by atoms with Crippen LogP contribution in [0.15, 0.2) is 22.2 Å². The van der Waals surface area contributed by atoms with E-state index in [0.717, 1.165) is 10.8 Å². The van der Waals surface area contributed by atoms with Crippen LogP contribution < -0.4 is 31.0 Å². The first-order valence-corrected chi connectivity index (χ1v) is 12.0. The fraction of sp³-hybridized carbons (Fsp3) is 0.556. The predicted octanol–water partition coefficient (Wildman–Crippen LogP) is -3.42.